The monoisotopic (exact) mass is 272 g/mol. The van der Waals surface area contributed by atoms with Crippen LogP contribution in [0.1, 0.15) is 31.1 Å². The Balaban J connectivity index is 2.89. The zero-order valence-electron chi connectivity index (χ0n) is 10.2. The summed E-state index contributed by atoms with van der Waals surface area (Å²) in [5, 5.41) is 11.0. The molecule has 0 atom stereocenters. The summed E-state index contributed by atoms with van der Waals surface area (Å²) in [5.74, 6) is -1.25. The van der Waals surface area contributed by atoms with Crippen molar-refractivity contribution in [1.82, 2.24) is 4.98 Å². The third-order valence-electron chi connectivity index (χ3n) is 1.74. The highest BCUT2D eigenvalue weighted by molar-refractivity contribution is 6.36. The van der Waals surface area contributed by atoms with Crippen LogP contribution >= 0.6 is 11.6 Å². The van der Waals surface area contributed by atoms with Crippen LogP contribution in [0.3, 0.4) is 0 Å². The summed E-state index contributed by atoms with van der Waals surface area (Å²) in [5.41, 5.74) is -0.807. The van der Waals surface area contributed by atoms with E-state index < -0.39 is 17.7 Å². The molecule has 0 aliphatic carbocycles. The maximum atomic E-state index is 11.5. The molecule has 0 aliphatic rings. The number of carboxylic acids is 1. The molecule has 6 nitrogen and oxygen atoms in total. The normalized spacial score (nSPS) is 10.9. The van der Waals surface area contributed by atoms with Gasteiger partial charge in [0.05, 0.1) is 10.6 Å². The maximum Gasteiger partial charge on any atom is 0.413 e. The van der Waals surface area contributed by atoms with Crippen molar-refractivity contribution >= 4 is 29.5 Å². The van der Waals surface area contributed by atoms with E-state index in [9.17, 15) is 9.59 Å². The van der Waals surface area contributed by atoms with Gasteiger partial charge in [-0.2, -0.15) is 0 Å². The van der Waals surface area contributed by atoms with Gasteiger partial charge in [0.2, 0.25) is 0 Å². The topological polar surface area (TPSA) is 88.5 Å². The second-order valence-electron chi connectivity index (χ2n) is 4.45. The summed E-state index contributed by atoms with van der Waals surface area (Å²) in [6.07, 6.45) is 0.488. The minimum Gasteiger partial charge on any atom is -0.478 e. The largest absolute Gasteiger partial charge is 0.478 e. The molecule has 7 heteroatoms. The van der Waals surface area contributed by atoms with Crippen LogP contribution in [0.15, 0.2) is 12.3 Å². The fourth-order valence-electron chi connectivity index (χ4n) is 1.10. The molecule has 0 saturated carbocycles. The molecule has 0 radical (unpaired) electrons. The molecule has 2 N–H and O–H groups in total. The number of rotatable bonds is 2. The van der Waals surface area contributed by atoms with Gasteiger partial charge in [0.1, 0.15) is 5.60 Å². The molecule has 0 spiro atoms. The van der Waals surface area contributed by atoms with E-state index in [2.05, 4.69) is 10.3 Å². The highest BCUT2D eigenvalue weighted by atomic mass is 35.5. The molecule has 0 aromatic carbocycles. The van der Waals surface area contributed by atoms with E-state index in [1.807, 2.05) is 0 Å². The molecule has 1 amide bonds. The first-order valence-electron chi connectivity index (χ1n) is 5.08. The molecular weight excluding hydrogens is 260 g/mol. The Labute approximate surface area is 109 Å². The van der Waals surface area contributed by atoms with Gasteiger partial charge in [0.25, 0.3) is 0 Å². The third-order valence-corrected chi connectivity index (χ3v) is 2.12. The highest BCUT2D eigenvalue weighted by Crippen LogP contribution is 2.24. The number of hydrogen-bond acceptors (Lipinski definition) is 4. The highest BCUT2D eigenvalue weighted by Gasteiger charge is 2.19. The molecule has 1 rings (SSSR count). The summed E-state index contributed by atoms with van der Waals surface area (Å²) in [7, 11) is 0. The van der Waals surface area contributed by atoms with E-state index in [-0.39, 0.29) is 16.4 Å². The van der Waals surface area contributed by atoms with Crippen LogP contribution in [0.5, 0.6) is 0 Å². The molecule has 0 saturated heterocycles. The van der Waals surface area contributed by atoms with Crippen LogP contribution in [0.25, 0.3) is 0 Å². The number of ether oxygens (including phenoxy) is 1. The SMILES string of the molecule is CC(C)(C)OC(=O)Nc1nccc(C(=O)O)c1Cl. The van der Waals surface area contributed by atoms with Crippen molar-refractivity contribution < 1.29 is 19.4 Å². The lowest BCUT2D eigenvalue weighted by molar-refractivity contribution is 0.0632. The van der Waals surface area contributed by atoms with E-state index in [1.54, 1.807) is 20.8 Å². The summed E-state index contributed by atoms with van der Waals surface area (Å²) < 4.78 is 5.00. The van der Waals surface area contributed by atoms with Crippen LogP contribution in [0.2, 0.25) is 5.02 Å². The van der Waals surface area contributed by atoms with Crippen molar-refractivity contribution in [3.8, 4) is 0 Å². The second kappa shape index (κ2) is 5.22. The van der Waals surface area contributed by atoms with Crippen LogP contribution < -0.4 is 5.32 Å². The number of carbonyl (C=O) groups excluding carboxylic acids is 1. The number of pyridine rings is 1. The average Bonchev–Trinajstić information content (AvgIpc) is 2.17. The van der Waals surface area contributed by atoms with Crippen molar-refractivity contribution in [3.63, 3.8) is 0 Å². The van der Waals surface area contributed by atoms with Gasteiger partial charge in [-0.25, -0.2) is 14.6 Å². The first-order valence-corrected chi connectivity index (χ1v) is 5.46. The van der Waals surface area contributed by atoms with Crippen LogP contribution in [-0.4, -0.2) is 27.8 Å². The Morgan fingerprint density at radius 2 is 2.06 bits per heavy atom. The number of hydrogen-bond donors (Lipinski definition) is 2. The van der Waals surface area contributed by atoms with Gasteiger partial charge in [-0.15, -0.1) is 0 Å². The molecule has 1 heterocycles. The summed E-state index contributed by atoms with van der Waals surface area (Å²) in [6, 6.07) is 1.24. The number of carboxylic acid groups (broad SMARTS) is 1. The number of amides is 1. The lowest BCUT2D eigenvalue weighted by atomic mass is 10.2. The predicted octanol–water partition coefficient (Wildman–Crippen LogP) is 2.78. The van der Waals surface area contributed by atoms with Gasteiger partial charge >= 0.3 is 12.1 Å². The van der Waals surface area contributed by atoms with Crippen molar-refractivity contribution in [1.29, 1.82) is 0 Å². The number of nitrogens with one attached hydrogen (secondary N) is 1. The van der Waals surface area contributed by atoms with Crippen LogP contribution in [0.4, 0.5) is 10.6 Å². The molecule has 0 bridgehead atoms. The van der Waals surface area contributed by atoms with Crippen LogP contribution in [0, 0.1) is 0 Å². The first-order chi connectivity index (χ1) is 8.20. The van der Waals surface area contributed by atoms with Gasteiger partial charge in [-0.05, 0) is 26.8 Å². The van der Waals surface area contributed by atoms with E-state index in [0.717, 1.165) is 0 Å². The van der Waals surface area contributed by atoms with Crippen LogP contribution in [-0.2, 0) is 4.74 Å². The minimum absolute atomic E-state index is 0.0502. The Kier molecular flexibility index (Phi) is 4.13. The zero-order chi connectivity index (χ0) is 13.9. The van der Waals surface area contributed by atoms with Crippen molar-refractivity contribution in [2.45, 2.75) is 26.4 Å². The second-order valence-corrected chi connectivity index (χ2v) is 4.83. The van der Waals surface area contributed by atoms with E-state index >= 15 is 0 Å². The molecule has 0 fully saturated rings. The number of aromatic carboxylic acids is 1. The lowest BCUT2D eigenvalue weighted by Gasteiger charge is -2.19. The van der Waals surface area contributed by atoms with E-state index in [0.29, 0.717) is 0 Å². The molecule has 1 aromatic rings. The molecule has 0 aliphatic heterocycles. The quantitative estimate of drug-likeness (QED) is 0.864. The average molecular weight is 273 g/mol. The molecule has 18 heavy (non-hydrogen) atoms. The van der Waals surface area contributed by atoms with Crippen molar-refractivity contribution in [2.75, 3.05) is 5.32 Å². The van der Waals surface area contributed by atoms with Gasteiger partial charge in [0, 0.05) is 6.20 Å². The van der Waals surface area contributed by atoms with Crippen molar-refractivity contribution in [2.24, 2.45) is 0 Å². The fraction of sp³-hybridized carbons (Fsp3) is 0.364. The Hall–Kier alpha value is -1.82. The number of nitrogens with zero attached hydrogens (tertiary/aromatic N) is 1. The predicted molar refractivity (Wildman–Crippen MR) is 66.1 cm³/mol. The Morgan fingerprint density at radius 3 is 2.56 bits per heavy atom. The number of aromatic nitrogens is 1. The number of carbonyl (C=O) groups is 2. The van der Waals surface area contributed by atoms with Gasteiger partial charge in [0.15, 0.2) is 5.82 Å². The maximum absolute atomic E-state index is 11.5. The third kappa shape index (κ3) is 3.89. The first kappa shape index (κ1) is 14.2. The molecule has 1 aromatic heterocycles. The van der Waals surface area contributed by atoms with Gasteiger partial charge in [-0.3, -0.25) is 5.32 Å². The Morgan fingerprint density at radius 1 is 1.44 bits per heavy atom. The zero-order valence-corrected chi connectivity index (χ0v) is 10.9. The number of anilines is 1. The summed E-state index contributed by atoms with van der Waals surface area (Å²) >= 11 is 5.81. The van der Waals surface area contributed by atoms with Crippen molar-refractivity contribution in [3.05, 3.63) is 22.8 Å². The number of halogens is 1. The summed E-state index contributed by atoms with van der Waals surface area (Å²) in [4.78, 5) is 26.1. The minimum atomic E-state index is -1.20. The molecule has 0 unspecified atom stereocenters. The fourth-order valence-corrected chi connectivity index (χ4v) is 1.34. The lowest BCUT2D eigenvalue weighted by Crippen LogP contribution is -2.27. The summed E-state index contributed by atoms with van der Waals surface area (Å²) in [6.45, 7) is 5.11. The van der Waals surface area contributed by atoms with E-state index in [4.69, 9.17) is 21.4 Å². The Bertz CT molecular complexity index is 482. The standard InChI is InChI=1S/C11H13ClN2O4/c1-11(2,3)18-10(17)14-8-7(12)6(9(15)16)4-5-13-8/h4-5H,1-3H3,(H,15,16)(H,13,14,17). The van der Waals surface area contributed by atoms with Gasteiger partial charge in [-0.1, -0.05) is 11.6 Å². The smallest absolute Gasteiger partial charge is 0.413 e. The molecule has 98 valence electrons. The molecular formula is C11H13ClN2O4. The van der Waals surface area contributed by atoms with Gasteiger partial charge < -0.3 is 9.84 Å². The van der Waals surface area contributed by atoms with E-state index in [1.165, 1.54) is 12.3 Å².